The molecule has 1 N–H and O–H groups in total. The molecule has 0 spiro atoms. The monoisotopic (exact) mass is 226 g/mol. The number of hydrogen-bond donors (Lipinski definition) is 1. The Balaban J connectivity index is 2.18. The second kappa shape index (κ2) is 4.26. The second-order valence-corrected chi connectivity index (χ2v) is 4.94. The molecule has 1 aliphatic rings. The number of carboxylic acid groups (broad SMARTS) is 1. The molecule has 4 nitrogen and oxygen atoms in total. The Bertz CT molecular complexity index is 369. The smallest absolute Gasteiger partial charge is 0.307 e. The van der Waals surface area contributed by atoms with E-state index in [1.807, 2.05) is 23.4 Å². The minimum Gasteiger partial charge on any atom is -0.481 e. The summed E-state index contributed by atoms with van der Waals surface area (Å²) in [6, 6.07) is 0.456. The molecule has 1 saturated heterocycles. The van der Waals surface area contributed by atoms with Gasteiger partial charge in [-0.2, -0.15) is 16.9 Å². The van der Waals surface area contributed by atoms with Gasteiger partial charge >= 0.3 is 5.97 Å². The highest BCUT2D eigenvalue weighted by Gasteiger charge is 2.21. The van der Waals surface area contributed by atoms with Gasteiger partial charge < -0.3 is 5.11 Å². The lowest BCUT2D eigenvalue weighted by Gasteiger charge is -2.11. The van der Waals surface area contributed by atoms with Crippen molar-refractivity contribution in [2.75, 3.05) is 11.5 Å². The van der Waals surface area contributed by atoms with E-state index >= 15 is 0 Å². The standard InChI is InChI=1S/C10H14N2O2S/c1-7-8(4-10(13)14)5-11-12(7)9-2-3-15-6-9/h5,9H,2-4,6H2,1H3,(H,13,14). The van der Waals surface area contributed by atoms with E-state index in [9.17, 15) is 4.79 Å². The third-order valence-corrected chi connectivity index (χ3v) is 3.88. The second-order valence-electron chi connectivity index (χ2n) is 3.79. The summed E-state index contributed by atoms with van der Waals surface area (Å²) in [5.41, 5.74) is 1.84. The number of nitrogens with zero attached hydrogens (tertiary/aromatic N) is 2. The Morgan fingerprint density at radius 2 is 2.60 bits per heavy atom. The molecule has 1 atom stereocenters. The van der Waals surface area contributed by atoms with Crippen LogP contribution in [0.1, 0.15) is 23.7 Å². The Morgan fingerprint density at radius 3 is 3.20 bits per heavy atom. The molecule has 2 rings (SSSR count). The molecule has 0 radical (unpaired) electrons. The molecule has 0 saturated carbocycles. The maximum absolute atomic E-state index is 10.6. The molecule has 82 valence electrons. The first-order valence-corrected chi connectivity index (χ1v) is 6.16. The maximum atomic E-state index is 10.6. The lowest BCUT2D eigenvalue weighted by atomic mass is 10.2. The zero-order valence-corrected chi connectivity index (χ0v) is 9.46. The number of aliphatic carboxylic acids is 1. The van der Waals surface area contributed by atoms with Crippen molar-refractivity contribution in [2.45, 2.75) is 25.8 Å². The van der Waals surface area contributed by atoms with Crippen molar-refractivity contribution >= 4 is 17.7 Å². The van der Waals surface area contributed by atoms with Gasteiger partial charge in [0.2, 0.25) is 0 Å². The third-order valence-electron chi connectivity index (χ3n) is 2.74. The molecule has 1 aromatic heterocycles. The minimum atomic E-state index is -0.793. The first-order valence-electron chi connectivity index (χ1n) is 5.01. The Kier molecular flexibility index (Phi) is 3.00. The largest absolute Gasteiger partial charge is 0.481 e. The van der Waals surface area contributed by atoms with Crippen LogP contribution in [0.5, 0.6) is 0 Å². The topological polar surface area (TPSA) is 55.1 Å². The number of carboxylic acids is 1. The van der Waals surface area contributed by atoms with Crippen molar-refractivity contribution in [3.63, 3.8) is 0 Å². The number of thioether (sulfide) groups is 1. The lowest BCUT2D eigenvalue weighted by molar-refractivity contribution is -0.136. The van der Waals surface area contributed by atoms with Crippen LogP contribution >= 0.6 is 11.8 Å². The van der Waals surface area contributed by atoms with Gasteiger partial charge in [0.05, 0.1) is 18.7 Å². The van der Waals surface area contributed by atoms with E-state index in [0.717, 1.165) is 23.4 Å². The van der Waals surface area contributed by atoms with Crippen LogP contribution in [0.3, 0.4) is 0 Å². The fourth-order valence-corrected chi connectivity index (χ4v) is 3.06. The Hall–Kier alpha value is -0.970. The average Bonchev–Trinajstić information content (AvgIpc) is 2.76. The summed E-state index contributed by atoms with van der Waals surface area (Å²) in [6.07, 6.45) is 2.90. The summed E-state index contributed by atoms with van der Waals surface area (Å²) in [5.74, 6) is 1.48. The molecule has 0 amide bonds. The predicted molar refractivity (Wildman–Crippen MR) is 59.3 cm³/mol. The van der Waals surface area contributed by atoms with Gasteiger partial charge in [-0.1, -0.05) is 0 Å². The first kappa shape index (κ1) is 10.5. The van der Waals surface area contributed by atoms with Gasteiger partial charge in [-0.25, -0.2) is 0 Å². The molecule has 1 aromatic rings. The normalized spacial score (nSPS) is 20.7. The Morgan fingerprint density at radius 1 is 1.80 bits per heavy atom. The van der Waals surface area contributed by atoms with E-state index in [1.165, 1.54) is 5.75 Å². The first-order chi connectivity index (χ1) is 7.18. The molecule has 5 heteroatoms. The summed E-state index contributed by atoms with van der Waals surface area (Å²) in [6.45, 7) is 1.95. The zero-order chi connectivity index (χ0) is 10.8. The molecule has 2 heterocycles. The fourth-order valence-electron chi connectivity index (χ4n) is 1.88. The van der Waals surface area contributed by atoms with E-state index in [0.29, 0.717) is 6.04 Å². The summed E-state index contributed by atoms with van der Waals surface area (Å²) >= 11 is 1.93. The molecule has 0 aromatic carbocycles. The quantitative estimate of drug-likeness (QED) is 0.848. The lowest BCUT2D eigenvalue weighted by Crippen LogP contribution is -2.11. The van der Waals surface area contributed by atoms with Crippen LogP contribution in [0.25, 0.3) is 0 Å². The van der Waals surface area contributed by atoms with Gasteiger partial charge in [0.15, 0.2) is 0 Å². The van der Waals surface area contributed by atoms with E-state index in [1.54, 1.807) is 6.20 Å². The van der Waals surface area contributed by atoms with Crippen LogP contribution in [0.15, 0.2) is 6.20 Å². The molecule has 0 aliphatic carbocycles. The summed E-state index contributed by atoms with van der Waals surface area (Å²) in [4.78, 5) is 10.6. The minimum absolute atomic E-state index is 0.0751. The van der Waals surface area contributed by atoms with Crippen LogP contribution in [0.2, 0.25) is 0 Å². The summed E-state index contributed by atoms with van der Waals surface area (Å²) in [5, 5.41) is 13.0. The fraction of sp³-hybridized carbons (Fsp3) is 0.600. The van der Waals surface area contributed by atoms with Crippen molar-refractivity contribution in [1.82, 2.24) is 9.78 Å². The van der Waals surface area contributed by atoms with Gasteiger partial charge in [-0.05, 0) is 19.1 Å². The van der Waals surface area contributed by atoms with Gasteiger partial charge in [-0.3, -0.25) is 9.48 Å². The molecule has 1 aliphatic heterocycles. The number of hydrogen-bond acceptors (Lipinski definition) is 3. The van der Waals surface area contributed by atoms with Gasteiger partial charge in [0.25, 0.3) is 0 Å². The van der Waals surface area contributed by atoms with Gasteiger partial charge in [0.1, 0.15) is 0 Å². The maximum Gasteiger partial charge on any atom is 0.307 e. The van der Waals surface area contributed by atoms with E-state index in [4.69, 9.17) is 5.11 Å². The summed E-state index contributed by atoms with van der Waals surface area (Å²) < 4.78 is 1.98. The summed E-state index contributed by atoms with van der Waals surface area (Å²) in [7, 11) is 0. The molecule has 0 bridgehead atoms. The predicted octanol–water partition coefficient (Wildman–Crippen LogP) is 1.50. The van der Waals surface area contributed by atoms with E-state index in [-0.39, 0.29) is 6.42 Å². The van der Waals surface area contributed by atoms with Crippen molar-refractivity contribution in [1.29, 1.82) is 0 Å². The highest BCUT2D eigenvalue weighted by molar-refractivity contribution is 7.99. The van der Waals surface area contributed by atoms with Crippen molar-refractivity contribution in [3.8, 4) is 0 Å². The molecule has 1 unspecified atom stereocenters. The van der Waals surface area contributed by atoms with Gasteiger partial charge in [-0.15, -0.1) is 0 Å². The average molecular weight is 226 g/mol. The van der Waals surface area contributed by atoms with Crippen molar-refractivity contribution in [3.05, 3.63) is 17.5 Å². The number of carbonyl (C=O) groups is 1. The molecule has 15 heavy (non-hydrogen) atoms. The van der Waals surface area contributed by atoms with Crippen molar-refractivity contribution < 1.29 is 9.90 Å². The SMILES string of the molecule is Cc1c(CC(=O)O)cnn1C1CCSC1. The third kappa shape index (κ3) is 2.17. The van der Waals surface area contributed by atoms with Crippen LogP contribution < -0.4 is 0 Å². The van der Waals surface area contributed by atoms with E-state index in [2.05, 4.69) is 5.10 Å². The van der Waals surface area contributed by atoms with Crippen LogP contribution in [-0.4, -0.2) is 32.4 Å². The molecule has 1 fully saturated rings. The van der Waals surface area contributed by atoms with Crippen LogP contribution in [-0.2, 0) is 11.2 Å². The molecular formula is C10H14N2O2S. The van der Waals surface area contributed by atoms with Crippen molar-refractivity contribution in [2.24, 2.45) is 0 Å². The van der Waals surface area contributed by atoms with Crippen LogP contribution in [0, 0.1) is 6.92 Å². The highest BCUT2D eigenvalue weighted by Crippen LogP contribution is 2.28. The number of aromatic nitrogens is 2. The van der Waals surface area contributed by atoms with E-state index < -0.39 is 5.97 Å². The number of rotatable bonds is 3. The van der Waals surface area contributed by atoms with Gasteiger partial charge in [0, 0.05) is 17.0 Å². The zero-order valence-electron chi connectivity index (χ0n) is 8.64. The molecular weight excluding hydrogens is 212 g/mol. The van der Waals surface area contributed by atoms with Crippen LogP contribution in [0.4, 0.5) is 0 Å². The highest BCUT2D eigenvalue weighted by atomic mass is 32.2. The Labute approximate surface area is 92.7 Å².